The van der Waals surface area contributed by atoms with Crippen LogP contribution in [-0.2, 0) is 0 Å². The number of aromatic carboxylic acids is 1. The monoisotopic (exact) mass is 314 g/mol. The van der Waals surface area contributed by atoms with Crippen molar-refractivity contribution in [1.29, 1.82) is 0 Å². The van der Waals surface area contributed by atoms with E-state index in [0.717, 1.165) is 37.2 Å². The Morgan fingerprint density at radius 1 is 1.26 bits per heavy atom. The molecule has 2 aromatic rings. The van der Waals surface area contributed by atoms with Crippen molar-refractivity contribution in [3.8, 4) is 5.75 Å². The molecule has 1 aliphatic rings. The van der Waals surface area contributed by atoms with Crippen LogP contribution in [-0.4, -0.2) is 45.2 Å². The van der Waals surface area contributed by atoms with Crippen LogP contribution in [0.1, 0.15) is 28.9 Å². The number of carbonyl (C=O) groups is 1. The number of hydrogen-bond donors (Lipinski definition) is 1. The maximum absolute atomic E-state index is 10.8. The molecular formula is C16H18N4O3. The molecule has 0 radical (unpaired) electrons. The number of aromatic nitrogens is 3. The lowest BCUT2D eigenvalue weighted by molar-refractivity contribution is 0.0690. The first-order chi connectivity index (χ1) is 11.1. The number of rotatable bonds is 4. The number of piperidine rings is 1. The maximum atomic E-state index is 10.8. The number of aryl methyl sites for hydroxylation is 1. The van der Waals surface area contributed by atoms with Gasteiger partial charge in [0.2, 0.25) is 0 Å². The summed E-state index contributed by atoms with van der Waals surface area (Å²) in [5.41, 5.74) is 0.991. The lowest BCUT2D eigenvalue weighted by atomic mass is 10.1. The first-order valence-corrected chi connectivity index (χ1v) is 7.51. The van der Waals surface area contributed by atoms with Gasteiger partial charge in [0, 0.05) is 43.9 Å². The van der Waals surface area contributed by atoms with Crippen molar-refractivity contribution in [2.45, 2.75) is 25.9 Å². The topological polar surface area (TPSA) is 88.4 Å². The summed E-state index contributed by atoms with van der Waals surface area (Å²) in [5.74, 6) is 0.515. The largest absolute Gasteiger partial charge is 0.490 e. The van der Waals surface area contributed by atoms with E-state index in [4.69, 9.17) is 9.84 Å². The second-order valence-electron chi connectivity index (χ2n) is 5.51. The Bertz CT molecular complexity index is 682. The van der Waals surface area contributed by atoms with E-state index in [9.17, 15) is 4.79 Å². The predicted molar refractivity (Wildman–Crippen MR) is 83.8 cm³/mol. The van der Waals surface area contributed by atoms with Gasteiger partial charge in [0.05, 0.1) is 12.4 Å². The molecule has 1 N–H and O–H groups in total. The molecule has 23 heavy (non-hydrogen) atoms. The van der Waals surface area contributed by atoms with Crippen LogP contribution in [0.5, 0.6) is 5.75 Å². The Kier molecular flexibility index (Phi) is 4.36. The van der Waals surface area contributed by atoms with Crippen molar-refractivity contribution >= 4 is 11.8 Å². The summed E-state index contributed by atoms with van der Waals surface area (Å²) >= 11 is 0. The normalized spacial score (nSPS) is 15.4. The number of hydrogen-bond acceptors (Lipinski definition) is 6. The molecule has 0 atom stereocenters. The van der Waals surface area contributed by atoms with Gasteiger partial charge in [-0.2, -0.15) is 0 Å². The van der Waals surface area contributed by atoms with Crippen molar-refractivity contribution in [3.63, 3.8) is 0 Å². The van der Waals surface area contributed by atoms with E-state index in [2.05, 4.69) is 19.9 Å². The number of carboxylic acids is 1. The van der Waals surface area contributed by atoms with Crippen molar-refractivity contribution < 1.29 is 14.6 Å². The Morgan fingerprint density at radius 2 is 2.04 bits per heavy atom. The molecule has 0 saturated carbocycles. The average molecular weight is 314 g/mol. The van der Waals surface area contributed by atoms with Crippen LogP contribution >= 0.6 is 0 Å². The Hall–Kier alpha value is -2.70. The zero-order valence-electron chi connectivity index (χ0n) is 12.8. The van der Waals surface area contributed by atoms with E-state index < -0.39 is 5.97 Å². The van der Waals surface area contributed by atoms with Gasteiger partial charge in [-0.3, -0.25) is 4.98 Å². The number of nitrogens with zero attached hydrogens (tertiary/aromatic N) is 4. The first-order valence-electron chi connectivity index (χ1n) is 7.51. The van der Waals surface area contributed by atoms with Crippen molar-refractivity contribution in [2.24, 2.45) is 0 Å². The highest BCUT2D eigenvalue weighted by Crippen LogP contribution is 2.23. The number of anilines is 1. The molecule has 120 valence electrons. The summed E-state index contributed by atoms with van der Waals surface area (Å²) in [7, 11) is 0. The van der Waals surface area contributed by atoms with Crippen molar-refractivity contribution in [1.82, 2.24) is 15.0 Å². The van der Waals surface area contributed by atoms with Gasteiger partial charge < -0.3 is 14.7 Å². The highest BCUT2D eigenvalue weighted by atomic mass is 16.5. The van der Waals surface area contributed by atoms with Gasteiger partial charge in [-0.25, -0.2) is 14.8 Å². The van der Waals surface area contributed by atoms with Gasteiger partial charge in [-0.05, 0) is 13.0 Å². The highest BCUT2D eigenvalue weighted by Gasteiger charge is 2.22. The van der Waals surface area contributed by atoms with Crippen LogP contribution in [0.2, 0.25) is 0 Å². The van der Waals surface area contributed by atoms with E-state index in [1.54, 1.807) is 12.4 Å². The van der Waals surface area contributed by atoms with Gasteiger partial charge in [0.15, 0.2) is 5.69 Å². The smallest absolute Gasteiger partial charge is 0.356 e. The fraction of sp³-hybridized carbons (Fsp3) is 0.375. The predicted octanol–water partition coefficient (Wildman–Crippen LogP) is 1.93. The standard InChI is InChI=1S/C16H18N4O3/c1-11-8-17-5-2-14(11)23-12-3-6-20(7-4-12)15-10-18-13(9-19-15)16(21)22/h2,5,8-10,12H,3-4,6-7H2,1H3,(H,21,22). The lowest BCUT2D eigenvalue weighted by Crippen LogP contribution is -2.38. The maximum Gasteiger partial charge on any atom is 0.356 e. The van der Waals surface area contributed by atoms with Crippen LogP contribution in [0.15, 0.2) is 30.9 Å². The molecule has 2 aromatic heterocycles. The SMILES string of the molecule is Cc1cnccc1OC1CCN(c2cnc(C(=O)O)cn2)CC1. The molecule has 1 saturated heterocycles. The van der Waals surface area contributed by atoms with E-state index in [1.165, 1.54) is 12.4 Å². The summed E-state index contributed by atoms with van der Waals surface area (Å²) in [5, 5.41) is 8.85. The zero-order chi connectivity index (χ0) is 16.2. The van der Waals surface area contributed by atoms with E-state index in [-0.39, 0.29) is 11.8 Å². The summed E-state index contributed by atoms with van der Waals surface area (Å²) in [6.07, 6.45) is 8.26. The first kappa shape index (κ1) is 15.2. The van der Waals surface area contributed by atoms with Gasteiger partial charge in [-0.15, -0.1) is 0 Å². The Balaban J connectivity index is 1.58. The van der Waals surface area contributed by atoms with Crippen molar-refractivity contribution in [2.75, 3.05) is 18.0 Å². The van der Waals surface area contributed by atoms with Gasteiger partial charge >= 0.3 is 5.97 Å². The minimum atomic E-state index is -1.07. The molecule has 3 rings (SSSR count). The van der Waals surface area contributed by atoms with Crippen LogP contribution in [0.3, 0.4) is 0 Å². The fourth-order valence-electron chi connectivity index (χ4n) is 2.57. The molecule has 0 aliphatic carbocycles. The fourth-order valence-corrected chi connectivity index (χ4v) is 2.57. The minimum absolute atomic E-state index is 0.0415. The van der Waals surface area contributed by atoms with E-state index >= 15 is 0 Å². The molecule has 0 spiro atoms. The molecule has 3 heterocycles. The number of pyridine rings is 1. The second-order valence-corrected chi connectivity index (χ2v) is 5.51. The molecular weight excluding hydrogens is 296 g/mol. The molecule has 7 nitrogen and oxygen atoms in total. The molecule has 0 bridgehead atoms. The third-order valence-corrected chi connectivity index (χ3v) is 3.89. The Morgan fingerprint density at radius 3 is 2.65 bits per heavy atom. The molecule has 1 aliphatic heterocycles. The van der Waals surface area contributed by atoms with Crippen molar-refractivity contribution in [3.05, 3.63) is 42.1 Å². The lowest BCUT2D eigenvalue weighted by Gasteiger charge is -2.32. The minimum Gasteiger partial charge on any atom is -0.490 e. The highest BCUT2D eigenvalue weighted by molar-refractivity contribution is 5.84. The molecule has 7 heteroatoms. The molecule has 0 aromatic carbocycles. The number of ether oxygens (including phenoxy) is 1. The van der Waals surface area contributed by atoms with Gasteiger partial charge in [-0.1, -0.05) is 0 Å². The summed E-state index contributed by atoms with van der Waals surface area (Å²) < 4.78 is 6.04. The second kappa shape index (κ2) is 6.60. The molecule has 0 amide bonds. The summed E-state index contributed by atoms with van der Waals surface area (Å²) in [4.78, 5) is 25.0. The summed E-state index contributed by atoms with van der Waals surface area (Å²) in [6.45, 7) is 3.59. The van der Waals surface area contributed by atoms with E-state index in [0.29, 0.717) is 5.82 Å². The zero-order valence-corrected chi connectivity index (χ0v) is 12.8. The average Bonchev–Trinajstić information content (AvgIpc) is 2.58. The molecule has 0 unspecified atom stereocenters. The quantitative estimate of drug-likeness (QED) is 0.922. The van der Waals surface area contributed by atoms with Crippen LogP contribution in [0.4, 0.5) is 5.82 Å². The van der Waals surface area contributed by atoms with Crippen LogP contribution in [0, 0.1) is 6.92 Å². The third-order valence-electron chi connectivity index (χ3n) is 3.89. The van der Waals surface area contributed by atoms with Gasteiger partial charge in [0.1, 0.15) is 17.7 Å². The molecule has 1 fully saturated rings. The number of carboxylic acid groups (broad SMARTS) is 1. The van der Waals surface area contributed by atoms with Crippen LogP contribution < -0.4 is 9.64 Å². The summed E-state index contributed by atoms with van der Waals surface area (Å²) in [6, 6.07) is 1.89. The Labute approximate surface area is 134 Å². The van der Waals surface area contributed by atoms with E-state index in [1.807, 2.05) is 13.0 Å². The van der Waals surface area contributed by atoms with Crippen LogP contribution in [0.25, 0.3) is 0 Å². The van der Waals surface area contributed by atoms with Gasteiger partial charge in [0.25, 0.3) is 0 Å². The third kappa shape index (κ3) is 3.56.